The number of nitrogens with one attached hydrogen (secondary N) is 1. The quantitative estimate of drug-likeness (QED) is 0.753. The average Bonchev–Trinajstić information content (AvgIpc) is 3.30. The zero-order valence-electron chi connectivity index (χ0n) is 15.8. The molecule has 0 fully saturated rings. The van der Waals surface area contributed by atoms with Crippen LogP contribution in [0, 0.1) is 12.7 Å². The third-order valence-electron chi connectivity index (χ3n) is 4.68. The number of likely N-dealkylation sites (N-methyl/N-ethyl adjacent to an activating group) is 1. The van der Waals surface area contributed by atoms with Gasteiger partial charge in [0.15, 0.2) is 11.5 Å². The summed E-state index contributed by atoms with van der Waals surface area (Å²) in [5.41, 5.74) is 4.62. The number of aromatic nitrogens is 3. The predicted octanol–water partition coefficient (Wildman–Crippen LogP) is 2.30. The fourth-order valence-electron chi connectivity index (χ4n) is 3.31. The molecule has 0 unspecified atom stereocenters. The number of halogens is 1. The van der Waals surface area contributed by atoms with Gasteiger partial charge >= 0.3 is 0 Å². The maximum atomic E-state index is 13.4. The van der Waals surface area contributed by atoms with Crippen LogP contribution in [0.1, 0.15) is 17.1 Å². The minimum Gasteiger partial charge on any atom is -0.368 e. The molecule has 0 spiro atoms. The molecule has 0 radical (unpaired) electrons. The van der Waals surface area contributed by atoms with Gasteiger partial charge in [-0.2, -0.15) is 5.10 Å². The summed E-state index contributed by atoms with van der Waals surface area (Å²) in [5, 5.41) is 8.05. The monoisotopic (exact) mass is 366 g/mol. The van der Waals surface area contributed by atoms with E-state index in [1.54, 1.807) is 12.1 Å². The Kier molecular flexibility index (Phi) is 4.61. The third kappa shape index (κ3) is 3.42. The Bertz CT molecular complexity index is 1000. The van der Waals surface area contributed by atoms with Crippen molar-refractivity contribution in [1.82, 2.24) is 24.8 Å². The molecule has 1 aliphatic heterocycles. The molecule has 0 saturated heterocycles. The number of amidine groups is 1. The van der Waals surface area contributed by atoms with Crippen molar-refractivity contribution in [3.8, 4) is 11.1 Å². The zero-order chi connectivity index (χ0) is 19.0. The van der Waals surface area contributed by atoms with Crippen LogP contribution in [0.3, 0.4) is 0 Å². The number of rotatable bonds is 5. The van der Waals surface area contributed by atoms with Gasteiger partial charge in [-0.25, -0.2) is 13.9 Å². The largest absolute Gasteiger partial charge is 0.368 e. The van der Waals surface area contributed by atoms with Gasteiger partial charge in [0.1, 0.15) is 11.7 Å². The van der Waals surface area contributed by atoms with Gasteiger partial charge in [-0.3, -0.25) is 4.99 Å². The second-order valence-corrected chi connectivity index (χ2v) is 7.06. The van der Waals surface area contributed by atoms with Gasteiger partial charge < -0.3 is 10.2 Å². The van der Waals surface area contributed by atoms with Crippen molar-refractivity contribution in [3.63, 3.8) is 0 Å². The van der Waals surface area contributed by atoms with Crippen LogP contribution < -0.4 is 5.32 Å². The van der Waals surface area contributed by atoms with E-state index in [0.717, 1.165) is 65.7 Å². The topological polar surface area (TPSA) is 57.8 Å². The van der Waals surface area contributed by atoms with Crippen LogP contribution in [0.4, 0.5) is 4.39 Å². The second-order valence-electron chi connectivity index (χ2n) is 7.06. The first-order chi connectivity index (χ1) is 13.0. The SMILES string of the molecule is Cc1cc(-c2ccc(F)cc2)c(C2=NCCN2)c2nc(CCN(C)C)nn12. The number of pyridine rings is 1. The van der Waals surface area contributed by atoms with Crippen molar-refractivity contribution < 1.29 is 4.39 Å². The maximum absolute atomic E-state index is 13.4. The molecule has 0 atom stereocenters. The lowest BCUT2D eigenvalue weighted by atomic mass is 9.99. The smallest absolute Gasteiger partial charge is 0.167 e. The zero-order valence-corrected chi connectivity index (χ0v) is 15.8. The molecule has 0 saturated carbocycles. The van der Waals surface area contributed by atoms with E-state index in [2.05, 4.69) is 21.3 Å². The van der Waals surface area contributed by atoms with Crippen LogP contribution in [-0.4, -0.2) is 59.1 Å². The molecule has 27 heavy (non-hydrogen) atoms. The molecule has 4 rings (SSSR count). The van der Waals surface area contributed by atoms with E-state index in [9.17, 15) is 4.39 Å². The van der Waals surface area contributed by atoms with Crippen molar-refractivity contribution in [2.75, 3.05) is 33.7 Å². The van der Waals surface area contributed by atoms with Gasteiger partial charge in [0.05, 0.1) is 12.1 Å². The number of hydrogen-bond donors (Lipinski definition) is 1. The Balaban J connectivity index is 1.91. The minimum absolute atomic E-state index is 0.247. The van der Waals surface area contributed by atoms with Crippen LogP contribution in [0.15, 0.2) is 35.3 Å². The number of hydrogen-bond acceptors (Lipinski definition) is 5. The molecule has 1 aromatic carbocycles. The molecule has 1 aliphatic rings. The summed E-state index contributed by atoms with van der Waals surface area (Å²) in [5.74, 6) is 1.39. The minimum atomic E-state index is -0.247. The van der Waals surface area contributed by atoms with E-state index in [1.807, 2.05) is 25.5 Å². The van der Waals surface area contributed by atoms with Crippen LogP contribution in [-0.2, 0) is 6.42 Å². The molecule has 1 N–H and O–H groups in total. The molecule has 2 aromatic heterocycles. The first kappa shape index (κ1) is 17.6. The van der Waals surface area contributed by atoms with Gasteiger partial charge in [0.25, 0.3) is 0 Å². The van der Waals surface area contributed by atoms with E-state index < -0.39 is 0 Å². The Morgan fingerprint density at radius 2 is 2.00 bits per heavy atom. The van der Waals surface area contributed by atoms with E-state index in [4.69, 9.17) is 10.1 Å². The maximum Gasteiger partial charge on any atom is 0.167 e. The summed E-state index contributed by atoms with van der Waals surface area (Å²) < 4.78 is 15.3. The summed E-state index contributed by atoms with van der Waals surface area (Å²) in [7, 11) is 4.08. The molecule has 0 bridgehead atoms. The molecule has 7 heteroatoms. The lowest BCUT2D eigenvalue weighted by Crippen LogP contribution is -2.21. The normalized spacial score (nSPS) is 14.0. The Hall–Kier alpha value is -2.80. The molecule has 0 amide bonds. The van der Waals surface area contributed by atoms with E-state index in [1.165, 1.54) is 12.1 Å². The number of aliphatic imine (C=N–C) groups is 1. The lowest BCUT2D eigenvalue weighted by molar-refractivity contribution is 0.409. The highest BCUT2D eigenvalue weighted by Crippen LogP contribution is 2.29. The van der Waals surface area contributed by atoms with Crippen molar-refractivity contribution in [3.05, 3.63) is 53.2 Å². The van der Waals surface area contributed by atoms with Crippen molar-refractivity contribution in [2.24, 2.45) is 4.99 Å². The second kappa shape index (κ2) is 7.08. The first-order valence-electron chi connectivity index (χ1n) is 9.11. The van der Waals surface area contributed by atoms with Gasteiger partial charge in [-0.15, -0.1) is 0 Å². The molecule has 0 aliphatic carbocycles. The molecule has 6 nitrogen and oxygen atoms in total. The number of fused-ring (bicyclic) bond motifs is 1. The predicted molar refractivity (Wildman–Crippen MR) is 105 cm³/mol. The van der Waals surface area contributed by atoms with Crippen LogP contribution in [0.5, 0.6) is 0 Å². The highest BCUT2D eigenvalue weighted by Gasteiger charge is 2.22. The van der Waals surface area contributed by atoms with E-state index >= 15 is 0 Å². The summed E-state index contributed by atoms with van der Waals surface area (Å²) in [6.07, 6.45) is 0.777. The third-order valence-corrected chi connectivity index (χ3v) is 4.68. The van der Waals surface area contributed by atoms with E-state index in [0.29, 0.717) is 0 Å². The molecular formula is C20H23FN6. The molecular weight excluding hydrogens is 343 g/mol. The summed E-state index contributed by atoms with van der Waals surface area (Å²) in [6, 6.07) is 8.62. The molecule has 3 heterocycles. The highest BCUT2D eigenvalue weighted by molar-refractivity contribution is 6.10. The highest BCUT2D eigenvalue weighted by atomic mass is 19.1. The summed E-state index contributed by atoms with van der Waals surface area (Å²) >= 11 is 0. The Morgan fingerprint density at radius 3 is 2.67 bits per heavy atom. The number of benzene rings is 1. The molecule has 3 aromatic rings. The van der Waals surface area contributed by atoms with Gasteiger partial charge in [-0.05, 0) is 50.3 Å². The van der Waals surface area contributed by atoms with Crippen molar-refractivity contribution in [1.29, 1.82) is 0 Å². The lowest BCUT2D eigenvalue weighted by Gasteiger charge is -2.13. The van der Waals surface area contributed by atoms with Crippen LogP contribution in [0.2, 0.25) is 0 Å². The summed E-state index contributed by atoms with van der Waals surface area (Å²) in [4.78, 5) is 11.6. The fourth-order valence-corrected chi connectivity index (χ4v) is 3.31. The first-order valence-corrected chi connectivity index (χ1v) is 9.11. The summed E-state index contributed by atoms with van der Waals surface area (Å²) in [6.45, 7) is 4.44. The number of aryl methyl sites for hydroxylation is 1. The Morgan fingerprint density at radius 1 is 1.22 bits per heavy atom. The van der Waals surface area contributed by atoms with Crippen LogP contribution in [0.25, 0.3) is 16.8 Å². The van der Waals surface area contributed by atoms with Gasteiger partial charge in [0, 0.05) is 25.2 Å². The van der Waals surface area contributed by atoms with Crippen molar-refractivity contribution in [2.45, 2.75) is 13.3 Å². The van der Waals surface area contributed by atoms with Gasteiger partial charge in [0.2, 0.25) is 0 Å². The number of nitrogens with zero attached hydrogens (tertiary/aromatic N) is 5. The van der Waals surface area contributed by atoms with Crippen molar-refractivity contribution >= 4 is 11.5 Å². The molecule has 140 valence electrons. The standard InChI is InChI=1S/C20H23FN6/c1-13-12-16(14-4-6-15(21)7-5-14)18(19-22-9-10-23-19)20-24-17(25-27(13)20)8-11-26(2)3/h4-7,12H,8-11H2,1-3H3,(H,22,23). The van der Waals surface area contributed by atoms with Crippen LogP contribution >= 0.6 is 0 Å². The van der Waals surface area contributed by atoms with E-state index in [-0.39, 0.29) is 5.82 Å². The van der Waals surface area contributed by atoms with Gasteiger partial charge in [-0.1, -0.05) is 12.1 Å². The fraction of sp³-hybridized carbons (Fsp3) is 0.350. The Labute approximate surface area is 157 Å². The average molecular weight is 366 g/mol.